The molecule has 4 nitrogen and oxygen atoms in total. The van der Waals surface area contributed by atoms with Crippen molar-refractivity contribution in [3.05, 3.63) is 82.5 Å². The van der Waals surface area contributed by atoms with Gasteiger partial charge in [0.15, 0.2) is 5.78 Å². The fraction of sp³-hybridized carbons (Fsp3) is 0.308. The van der Waals surface area contributed by atoms with E-state index in [1.54, 1.807) is 23.9 Å². The lowest BCUT2D eigenvalue weighted by molar-refractivity contribution is -0.118. The molecule has 0 bridgehead atoms. The van der Waals surface area contributed by atoms with Crippen molar-refractivity contribution in [2.45, 2.75) is 44.4 Å². The standard InChI is InChI=1S/C26H27FN2O2S/c1-15-22(25(31)29-18-7-5-6-17(27)12-18)23(16-8-10-19(32-4)11-9-16)24-20(28-15)13-26(2,3)14-21(24)30/h5-12,23,28H,13-14H2,1-4H3,(H,29,31). The maximum Gasteiger partial charge on any atom is 0.254 e. The van der Waals surface area contributed by atoms with Gasteiger partial charge in [-0.05, 0) is 60.9 Å². The highest BCUT2D eigenvalue weighted by molar-refractivity contribution is 7.98. The number of allylic oxidation sites excluding steroid dienone is 3. The van der Waals surface area contributed by atoms with Crippen LogP contribution in [0.3, 0.4) is 0 Å². The average molecular weight is 451 g/mol. The van der Waals surface area contributed by atoms with Gasteiger partial charge in [0.2, 0.25) is 0 Å². The Kier molecular flexibility index (Phi) is 5.99. The van der Waals surface area contributed by atoms with Crippen molar-refractivity contribution in [3.8, 4) is 0 Å². The number of anilines is 1. The monoisotopic (exact) mass is 450 g/mol. The number of nitrogens with one attached hydrogen (secondary N) is 2. The Balaban J connectivity index is 1.80. The van der Waals surface area contributed by atoms with Crippen LogP contribution in [0.2, 0.25) is 0 Å². The third kappa shape index (κ3) is 4.37. The van der Waals surface area contributed by atoms with Gasteiger partial charge in [0, 0.05) is 45.5 Å². The first kappa shape index (κ1) is 22.3. The fourth-order valence-corrected chi connectivity index (χ4v) is 5.04. The van der Waals surface area contributed by atoms with Gasteiger partial charge in [-0.1, -0.05) is 32.0 Å². The highest BCUT2D eigenvalue weighted by atomic mass is 32.2. The molecule has 2 aromatic carbocycles. The van der Waals surface area contributed by atoms with Crippen LogP contribution in [0.1, 0.15) is 45.1 Å². The van der Waals surface area contributed by atoms with E-state index in [1.165, 1.54) is 12.1 Å². The second kappa shape index (κ2) is 8.58. The molecule has 0 aromatic heterocycles. The molecular formula is C26H27FN2O2S. The third-order valence-electron chi connectivity index (χ3n) is 6.02. The molecule has 2 aromatic rings. The molecule has 0 radical (unpaired) electrons. The van der Waals surface area contributed by atoms with Crippen molar-refractivity contribution in [1.29, 1.82) is 0 Å². The lowest BCUT2D eigenvalue weighted by atomic mass is 9.68. The summed E-state index contributed by atoms with van der Waals surface area (Å²) in [5.41, 5.74) is 3.88. The first-order valence-electron chi connectivity index (χ1n) is 10.6. The summed E-state index contributed by atoms with van der Waals surface area (Å²) in [4.78, 5) is 27.9. The van der Waals surface area contributed by atoms with Crippen molar-refractivity contribution in [1.82, 2.24) is 5.32 Å². The molecule has 32 heavy (non-hydrogen) atoms. The van der Waals surface area contributed by atoms with Crippen LogP contribution in [0.4, 0.5) is 10.1 Å². The zero-order valence-corrected chi connectivity index (χ0v) is 19.5. The highest BCUT2D eigenvalue weighted by Gasteiger charge is 2.42. The molecule has 1 aliphatic carbocycles. The number of hydrogen-bond donors (Lipinski definition) is 2. The number of amides is 1. The Bertz CT molecular complexity index is 1150. The molecule has 1 aliphatic heterocycles. The Morgan fingerprint density at radius 3 is 2.53 bits per heavy atom. The molecule has 0 saturated carbocycles. The summed E-state index contributed by atoms with van der Waals surface area (Å²) in [6.45, 7) is 6.04. The summed E-state index contributed by atoms with van der Waals surface area (Å²) < 4.78 is 13.7. The number of ketones is 1. The number of dihydropyridines is 1. The Morgan fingerprint density at radius 1 is 1.16 bits per heavy atom. The normalized spacial score (nSPS) is 20.0. The minimum Gasteiger partial charge on any atom is -0.362 e. The maximum absolute atomic E-state index is 13.7. The van der Waals surface area contributed by atoms with Gasteiger partial charge >= 0.3 is 0 Å². The molecule has 0 saturated heterocycles. The Morgan fingerprint density at radius 2 is 1.88 bits per heavy atom. The topological polar surface area (TPSA) is 58.2 Å². The van der Waals surface area contributed by atoms with Gasteiger partial charge in [-0.15, -0.1) is 11.8 Å². The largest absolute Gasteiger partial charge is 0.362 e. The van der Waals surface area contributed by atoms with E-state index in [0.717, 1.165) is 22.6 Å². The summed E-state index contributed by atoms with van der Waals surface area (Å²) in [6, 6.07) is 13.8. The molecule has 2 N–H and O–H groups in total. The Hall–Kier alpha value is -2.86. The summed E-state index contributed by atoms with van der Waals surface area (Å²) >= 11 is 1.64. The molecule has 6 heteroatoms. The molecule has 166 valence electrons. The molecular weight excluding hydrogens is 423 g/mol. The number of hydrogen-bond acceptors (Lipinski definition) is 4. The van der Waals surface area contributed by atoms with Crippen LogP contribution in [0.15, 0.2) is 76.0 Å². The zero-order valence-electron chi connectivity index (χ0n) is 18.7. The highest BCUT2D eigenvalue weighted by Crippen LogP contribution is 2.46. The number of carbonyl (C=O) groups is 2. The number of carbonyl (C=O) groups excluding carboxylic acids is 2. The summed E-state index contributed by atoms with van der Waals surface area (Å²) in [5, 5.41) is 6.17. The molecule has 1 atom stereocenters. The molecule has 1 heterocycles. The van der Waals surface area contributed by atoms with E-state index in [2.05, 4.69) is 24.5 Å². The van der Waals surface area contributed by atoms with Gasteiger partial charge < -0.3 is 10.6 Å². The minimum absolute atomic E-state index is 0.0613. The van der Waals surface area contributed by atoms with Gasteiger partial charge in [0.05, 0.1) is 0 Å². The SMILES string of the molecule is CSc1ccc(C2C(C(=O)Nc3cccc(F)c3)=C(C)NC3=C2C(=O)CC(C)(C)C3)cc1. The third-order valence-corrected chi connectivity index (χ3v) is 6.76. The lowest BCUT2D eigenvalue weighted by Gasteiger charge is -2.39. The van der Waals surface area contributed by atoms with E-state index in [-0.39, 0.29) is 17.1 Å². The predicted molar refractivity (Wildman–Crippen MR) is 127 cm³/mol. The van der Waals surface area contributed by atoms with Gasteiger partial charge in [-0.3, -0.25) is 9.59 Å². The second-order valence-corrected chi connectivity index (χ2v) is 10.0. The number of benzene rings is 2. The number of rotatable bonds is 4. The number of thioether (sulfide) groups is 1. The van der Waals surface area contributed by atoms with Crippen molar-refractivity contribution in [2.24, 2.45) is 5.41 Å². The van der Waals surface area contributed by atoms with E-state index >= 15 is 0 Å². The van der Waals surface area contributed by atoms with E-state index in [1.807, 2.05) is 37.4 Å². The van der Waals surface area contributed by atoms with Crippen molar-refractivity contribution in [3.63, 3.8) is 0 Å². The number of halogens is 1. The van der Waals surface area contributed by atoms with Crippen molar-refractivity contribution >= 4 is 29.1 Å². The second-order valence-electron chi connectivity index (χ2n) is 9.17. The quantitative estimate of drug-likeness (QED) is 0.579. The first-order chi connectivity index (χ1) is 15.2. The number of Topliss-reactive ketones (excluding diaryl/α,β-unsaturated/α-hetero) is 1. The molecule has 2 aliphatic rings. The lowest BCUT2D eigenvalue weighted by Crippen LogP contribution is -2.39. The van der Waals surface area contributed by atoms with Crippen LogP contribution in [-0.4, -0.2) is 17.9 Å². The molecule has 0 spiro atoms. The van der Waals surface area contributed by atoms with Crippen LogP contribution >= 0.6 is 11.8 Å². The molecule has 1 amide bonds. The van der Waals surface area contributed by atoms with E-state index in [0.29, 0.717) is 29.0 Å². The van der Waals surface area contributed by atoms with E-state index < -0.39 is 11.7 Å². The summed E-state index contributed by atoms with van der Waals surface area (Å²) in [5.74, 6) is -1.18. The minimum atomic E-state index is -0.473. The predicted octanol–water partition coefficient (Wildman–Crippen LogP) is 5.79. The van der Waals surface area contributed by atoms with E-state index in [4.69, 9.17) is 0 Å². The molecule has 0 fully saturated rings. The van der Waals surface area contributed by atoms with Crippen LogP contribution < -0.4 is 10.6 Å². The van der Waals surface area contributed by atoms with Crippen LogP contribution in [0.25, 0.3) is 0 Å². The zero-order chi connectivity index (χ0) is 23.0. The van der Waals surface area contributed by atoms with Crippen molar-refractivity contribution < 1.29 is 14.0 Å². The van der Waals surface area contributed by atoms with Crippen LogP contribution in [-0.2, 0) is 9.59 Å². The van der Waals surface area contributed by atoms with E-state index in [9.17, 15) is 14.0 Å². The van der Waals surface area contributed by atoms with Crippen LogP contribution in [0, 0.1) is 11.2 Å². The van der Waals surface area contributed by atoms with Gasteiger partial charge in [0.25, 0.3) is 5.91 Å². The Labute approximate surface area is 192 Å². The molecule has 1 unspecified atom stereocenters. The van der Waals surface area contributed by atoms with Gasteiger partial charge in [-0.2, -0.15) is 0 Å². The summed E-state index contributed by atoms with van der Waals surface area (Å²) in [6.07, 6.45) is 3.18. The molecule has 4 rings (SSSR count). The smallest absolute Gasteiger partial charge is 0.254 e. The summed E-state index contributed by atoms with van der Waals surface area (Å²) in [7, 11) is 0. The maximum atomic E-state index is 13.7. The fourth-order valence-electron chi connectivity index (χ4n) is 4.63. The van der Waals surface area contributed by atoms with Gasteiger partial charge in [0.1, 0.15) is 5.82 Å². The van der Waals surface area contributed by atoms with Crippen molar-refractivity contribution in [2.75, 3.05) is 11.6 Å². The van der Waals surface area contributed by atoms with Gasteiger partial charge in [-0.25, -0.2) is 4.39 Å². The average Bonchev–Trinajstić information content (AvgIpc) is 2.71. The first-order valence-corrected chi connectivity index (χ1v) is 11.9. The van der Waals surface area contributed by atoms with Crippen LogP contribution in [0.5, 0.6) is 0 Å².